The van der Waals surface area contributed by atoms with Gasteiger partial charge in [0.2, 0.25) is 10.0 Å². The van der Waals surface area contributed by atoms with Gasteiger partial charge in [-0.2, -0.15) is 4.31 Å². The van der Waals surface area contributed by atoms with Gasteiger partial charge in [0.1, 0.15) is 0 Å². The predicted octanol–water partition coefficient (Wildman–Crippen LogP) is 2.87. The van der Waals surface area contributed by atoms with Crippen molar-refractivity contribution in [1.29, 1.82) is 0 Å². The molecule has 0 aliphatic rings. The van der Waals surface area contributed by atoms with Crippen molar-refractivity contribution in [1.82, 2.24) is 4.31 Å². The number of halogens is 1. The number of hydrogen-bond acceptors (Lipinski definition) is 2. The van der Waals surface area contributed by atoms with Crippen molar-refractivity contribution in [3.05, 3.63) is 28.7 Å². The Hall–Kier alpha value is -0.390. The quantitative estimate of drug-likeness (QED) is 0.839. The molecule has 0 saturated heterocycles. The Kier molecular flexibility index (Phi) is 4.95. The molecule has 0 spiro atoms. The Morgan fingerprint density at radius 1 is 1.31 bits per heavy atom. The maximum absolute atomic E-state index is 12.2. The fourth-order valence-electron chi connectivity index (χ4n) is 1.47. The summed E-state index contributed by atoms with van der Waals surface area (Å²) in [6.07, 6.45) is 0.821. The minimum atomic E-state index is -3.33. The van der Waals surface area contributed by atoms with Gasteiger partial charge >= 0.3 is 0 Å². The highest BCUT2D eigenvalue weighted by Crippen LogP contribution is 2.19. The van der Waals surface area contributed by atoms with Crippen LogP contribution in [-0.2, 0) is 10.0 Å². The molecule has 0 amide bonds. The number of nitrogens with zero attached hydrogens (tertiary/aromatic N) is 1. The van der Waals surface area contributed by atoms with Gasteiger partial charge in [-0.15, -0.1) is 0 Å². The Balaban J connectivity index is 3.09. The normalized spacial score (nSPS) is 12.0. The number of hydrogen-bond donors (Lipinski definition) is 0. The molecule has 16 heavy (non-hydrogen) atoms. The van der Waals surface area contributed by atoms with E-state index in [2.05, 4.69) is 15.9 Å². The van der Waals surface area contributed by atoms with E-state index in [-0.39, 0.29) is 0 Å². The molecule has 0 unspecified atom stereocenters. The second-order valence-corrected chi connectivity index (χ2v) is 6.31. The van der Waals surface area contributed by atoms with E-state index >= 15 is 0 Å². The maximum Gasteiger partial charge on any atom is 0.243 e. The molecule has 0 atom stereocenters. The van der Waals surface area contributed by atoms with Crippen LogP contribution in [0, 0.1) is 0 Å². The number of rotatable bonds is 5. The van der Waals surface area contributed by atoms with Gasteiger partial charge in [0.25, 0.3) is 0 Å². The third-order valence-electron chi connectivity index (χ3n) is 2.26. The van der Waals surface area contributed by atoms with Crippen molar-refractivity contribution < 1.29 is 8.42 Å². The molecule has 0 bridgehead atoms. The van der Waals surface area contributed by atoms with Gasteiger partial charge in [-0.3, -0.25) is 0 Å². The second-order valence-electron chi connectivity index (χ2n) is 3.45. The maximum atomic E-state index is 12.2. The fraction of sp³-hybridized carbons (Fsp3) is 0.455. The summed E-state index contributed by atoms with van der Waals surface area (Å²) >= 11 is 3.28. The van der Waals surface area contributed by atoms with Crippen LogP contribution in [0.5, 0.6) is 0 Å². The highest BCUT2D eigenvalue weighted by Gasteiger charge is 2.21. The zero-order chi connectivity index (χ0) is 12.2. The van der Waals surface area contributed by atoms with Gasteiger partial charge in [0, 0.05) is 17.6 Å². The number of sulfonamides is 1. The van der Waals surface area contributed by atoms with E-state index in [0.717, 1.165) is 10.9 Å². The smallest absolute Gasteiger partial charge is 0.207 e. The Bertz CT molecular complexity index is 445. The largest absolute Gasteiger partial charge is 0.243 e. The molecule has 0 heterocycles. The molecule has 3 nitrogen and oxygen atoms in total. The van der Waals surface area contributed by atoms with Crippen LogP contribution < -0.4 is 0 Å². The summed E-state index contributed by atoms with van der Waals surface area (Å²) in [5, 5.41) is 0. The van der Waals surface area contributed by atoms with Crippen LogP contribution in [0.3, 0.4) is 0 Å². The minimum absolute atomic E-state index is 0.345. The van der Waals surface area contributed by atoms with Crippen molar-refractivity contribution in [2.75, 3.05) is 13.1 Å². The first kappa shape index (κ1) is 13.7. The van der Waals surface area contributed by atoms with Gasteiger partial charge < -0.3 is 0 Å². The molecule has 0 radical (unpaired) electrons. The summed E-state index contributed by atoms with van der Waals surface area (Å²) in [6, 6.07) is 6.80. The lowest BCUT2D eigenvalue weighted by Gasteiger charge is -2.19. The monoisotopic (exact) mass is 305 g/mol. The fourth-order valence-corrected chi connectivity index (χ4v) is 3.61. The van der Waals surface area contributed by atoms with E-state index < -0.39 is 10.0 Å². The molecule has 0 fully saturated rings. The molecule has 1 rings (SSSR count). The topological polar surface area (TPSA) is 37.4 Å². The van der Waals surface area contributed by atoms with Crippen molar-refractivity contribution >= 4 is 26.0 Å². The molecule has 0 aromatic heterocycles. The van der Waals surface area contributed by atoms with Crippen LogP contribution in [0.1, 0.15) is 20.3 Å². The van der Waals surface area contributed by atoms with Crippen molar-refractivity contribution in [2.45, 2.75) is 25.2 Å². The first-order valence-corrected chi connectivity index (χ1v) is 7.51. The first-order valence-electron chi connectivity index (χ1n) is 5.28. The third kappa shape index (κ3) is 3.06. The lowest BCUT2D eigenvalue weighted by Crippen LogP contribution is -2.31. The van der Waals surface area contributed by atoms with Crippen LogP contribution in [0.2, 0.25) is 0 Å². The molecule has 0 aliphatic heterocycles. The minimum Gasteiger partial charge on any atom is -0.207 e. The Morgan fingerprint density at radius 2 is 2.00 bits per heavy atom. The van der Waals surface area contributed by atoms with E-state index in [1.54, 1.807) is 18.2 Å². The van der Waals surface area contributed by atoms with Gasteiger partial charge in [-0.25, -0.2) is 8.42 Å². The second kappa shape index (κ2) is 5.80. The molecule has 0 aliphatic carbocycles. The van der Waals surface area contributed by atoms with Gasteiger partial charge in [0.15, 0.2) is 0 Å². The third-order valence-corrected chi connectivity index (χ3v) is 4.72. The summed E-state index contributed by atoms with van der Waals surface area (Å²) in [6.45, 7) is 4.89. The summed E-state index contributed by atoms with van der Waals surface area (Å²) in [7, 11) is -3.33. The molecular weight excluding hydrogens is 290 g/mol. The average molecular weight is 306 g/mol. The average Bonchev–Trinajstić information content (AvgIpc) is 2.25. The zero-order valence-electron chi connectivity index (χ0n) is 9.48. The van der Waals surface area contributed by atoms with E-state index in [0.29, 0.717) is 18.0 Å². The molecule has 0 N–H and O–H groups in total. The lowest BCUT2D eigenvalue weighted by atomic mass is 10.4. The lowest BCUT2D eigenvalue weighted by molar-refractivity contribution is 0.427. The first-order chi connectivity index (χ1) is 7.52. The SMILES string of the molecule is CCCN(CC)S(=O)(=O)c1cccc(Br)c1. The summed E-state index contributed by atoms with van der Waals surface area (Å²) < 4.78 is 26.7. The van der Waals surface area contributed by atoms with Crippen molar-refractivity contribution in [2.24, 2.45) is 0 Å². The van der Waals surface area contributed by atoms with E-state index in [4.69, 9.17) is 0 Å². The molecular formula is C11H16BrNO2S. The Morgan fingerprint density at radius 3 is 2.50 bits per heavy atom. The van der Waals surface area contributed by atoms with Gasteiger partial charge in [-0.1, -0.05) is 35.8 Å². The molecule has 1 aromatic rings. The molecule has 0 saturated carbocycles. The highest BCUT2D eigenvalue weighted by molar-refractivity contribution is 9.10. The number of benzene rings is 1. The van der Waals surface area contributed by atoms with Crippen molar-refractivity contribution in [3.8, 4) is 0 Å². The van der Waals surface area contributed by atoms with Crippen LogP contribution in [-0.4, -0.2) is 25.8 Å². The summed E-state index contributed by atoms with van der Waals surface area (Å²) in [4.78, 5) is 0.345. The highest BCUT2D eigenvalue weighted by atomic mass is 79.9. The van der Waals surface area contributed by atoms with Crippen LogP contribution in [0.15, 0.2) is 33.6 Å². The van der Waals surface area contributed by atoms with Crippen LogP contribution in [0.25, 0.3) is 0 Å². The van der Waals surface area contributed by atoms with E-state index in [1.165, 1.54) is 4.31 Å². The van der Waals surface area contributed by atoms with E-state index in [1.807, 2.05) is 19.9 Å². The van der Waals surface area contributed by atoms with E-state index in [9.17, 15) is 8.42 Å². The van der Waals surface area contributed by atoms with Crippen LogP contribution >= 0.6 is 15.9 Å². The summed E-state index contributed by atoms with van der Waals surface area (Å²) in [5.74, 6) is 0. The van der Waals surface area contributed by atoms with Gasteiger partial charge in [-0.05, 0) is 24.6 Å². The van der Waals surface area contributed by atoms with Crippen molar-refractivity contribution in [3.63, 3.8) is 0 Å². The van der Waals surface area contributed by atoms with Gasteiger partial charge in [0.05, 0.1) is 4.90 Å². The zero-order valence-corrected chi connectivity index (χ0v) is 11.9. The standard InChI is InChI=1S/C11H16BrNO2S/c1-3-8-13(4-2)16(14,15)11-7-5-6-10(12)9-11/h5-7,9H,3-4,8H2,1-2H3. The van der Waals surface area contributed by atoms with Crippen LogP contribution in [0.4, 0.5) is 0 Å². The molecule has 5 heteroatoms. The predicted molar refractivity (Wildman–Crippen MR) is 68.9 cm³/mol. The summed E-state index contributed by atoms with van der Waals surface area (Å²) in [5.41, 5.74) is 0. The molecule has 1 aromatic carbocycles. The Labute approximate surface area is 106 Å². The molecule has 90 valence electrons.